The van der Waals surface area contributed by atoms with E-state index in [0.29, 0.717) is 17.9 Å². The first kappa shape index (κ1) is 17.7. The van der Waals surface area contributed by atoms with Crippen molar-refractivity contribution in [2.24, 2.45) is 0 Å². The van der Waals surface area contributed by atoms with E-state index in [1.54, 1.807) is 24.3 Å². The SMILES string of the molecule is CC(=O)NNC(=O)COC(=O)c1ccc(OC[C@@H]2CCCO2)cc1. The summed E-state index contributed by atoms with van der Waals surface area (Å²) in [4.78, 5) is 33.8. The molecule has 0 saturated carbocycles. The van der Waals surface area contributed by atoms with Gasteiger partial charge in [0.15, 0.2) is 6.61 Å². The largest absolute Gasteiger partial charge is 0.491 e. The van der Waals surface area contributed by atoms with Crippen LogP contribution in [0.1, 0.15) is 30.1 Å². The van der Waals surface area contributed by atoms with Crippen molar-refractivity contribution in [1.29, 1.82) is 0 Å². The van der Waals surface area contributed by atoms with Crippen LogP contribution in [0.25, 0.3) is 0 Å². The Morgan fingerprint density at radius 2 is 1.96 bits per heavy atom. The Morgan fingerprint density at radius 3 is 2.58 bits per heavy atom. The summed E-state index contributed by atoms with van der Waals surface area (Å²) in [7, 11) is 0. The Labute approximate surface area is 139 Å². The molecule has 2 N–H and O–H groups in total. The van der Waals surface area contributed by atoms with Gasteiger partial charge in [-0.2, -0.15) is 0 Å². The van der Waals surface area contributed by atoms with Crippen molar-refractivity contribution in [2.75, 3.05) is 19.8 Å². The zero-order valence-electron chi connectivity index (χ0n) is 13.4. The number of benzene rings is 1. The van der Waals surface area contributed by atoms with Crippen molar-refractivity contribution in [2.45, 2.75) is 25.9 Å². The zero-order chi connectivity index (χ0) is 17.4. The molecular weight excluding hydrogens is 316 g/mol. The molecule has 1 saturated heterocycles. The zero-order valence-corrected chi connectivity index (χ0v) is 13.4. The number of carbonyl (C=O) groups excluding carboxylic acids is 3. The minimum atomic E-state index is -0.640. The maximum Gasteiger partial charge on any atom is 0.338 e. The molecule has 2 amide bonds. The third-order valence-electron chi connectivity index (χ3n) is 3.26. The van der Waals surface area contributed by atoms with Gasteiger partial charge < -0.3 is 14.2 Å². The van der Waals surface area contributed by atoms with Crippen LogP contribution in [0, 0.1) is 0 Å². The molecule has 0 spiro atoms. The summed E-state index contributed by atoms with van der Waals surface area (Å²) >= 11 is 0. The van der Waals surface area contributed by atoms with Gasteiger partial charge in [-0.25, -0.2) is 4.79 Å². The highest BCUT2D eigenvalue weighted by Gasteiger charge is 2.16. The second kappa shape index (κ2) is 8.88. The maximum absolute atomic E-state index is 11.8. The van der Waals surface area contributed by atoms with Crippen LogP contribution < -0.4 is 15.6 Å². The number of nitrogens with one attached hydrogen (secondary N) is 2. The van der Waals surface area contributed by atoms with Crippen molar-refractivity contribution in [3.63, 3.8) is 0 Å². The van der Waals surface area contributed by atoms with Crippen LogP contribution in [0.3, 0.4) is 0 Å². The lowest BCUT2D eigenvalue weighted by molar-refractivity contribution is -0.129. The van der Waals surface area contributed by atoms with Crippen LogP contribution in [0.4, 0.5) is 0 Å². The van der Waals surface area contributed by atoms with Crippen LogP contribution in [-0.4, -0.2) is 43.7 Å². The molecule has 0 radical (unpaired) electrons. The Balaban J connectivity index is 1.73. The molecule has 1 aromatic rings. The number of hydrogen-bond donors (Lipinski definition) is 2. The van der Waals surface area contributed by atoms with E-state index >= 15 is 0 Å². The van der Waals surface area contributed by atoms with E-state index in [-0.39, 0.29) is 6.10 Å². The monoisotopic (exact) mass is 336 g/mol. The van der Waals surface area contributed by atoms with E-state index in [1.165, 1.54) is 6.92 Å². The van der Waals surface area contributed by atoms with E-state index in [4.69, 9.17) is 14.2 Å². The van der Waals surface area contributed by atoms with Crippen LogP contribution in [0.2, 0.25) is 0 Å². The molecule has 0 aromatic heterocycles. The first-order valence-corrected chi connectivity index (χ1v) is 7.61. The fourth-order valence-corrected chi connectivity index (χ4v) is 2.06. The molecule has 1 aromatic carbocycles. The van der Waals surface area contributed by atoms with Crippen molar-refractivity contribution >= 4 is 17.8 Å². The molecule has 1 heterocycles. The van der Waals surface area contributed by atoms with Gasteiger partial charge in [-0.15, -0.1) is 0 Å². The molecular formula is C16H20N2O6. The molecule has 1 atom stereocenters. The summed E-state index contributed by atoms with van der Waals surface area (Å²) < 4.78 is 15.9. The Morgan fingerprint density at radius 1 is 1.21 bits per heavy atom. The van der Waals surface area contributed by atoms with Gasteiger partial charge in [-0.05, 0) is 37.1 Å². The van der Waals surface area contributed by atoms with E-state index in [0.717, 1.165) is 19.4 Å². The number of esters is 1. The minimum Gasteiger partial charge on any atom is -0.491 e. The summed E-state index contributed by atoms with van der Waals surface area (Å²) in [5, 5.41) is 0. The molecule has 0 unspecified atom stereocenters. The van der Waals surface area contributed by atoms with Crippen molar-refractivity contribution in [3.05, 3.63) is 29.8 Å². The average molecular weight is 336 g/mol. The lowest BCUT2D eigenvalue weighted by Gasteiger charge is -2.11. The molecule has 8 heteroatoms. The highest BCUT2D eigenvalue weighted by atomic mass is 16.5. The molecule has 1 aliphatic rings. The van der Waals surface area contributed by atoms with E-state index in [2.05, 4.69) is 10.9 Å². The molecule has 1 aliphatic heterocycles. The van der Waals surface area contributed by atoms with Crippen LogP contribution in [0.5, 0.6) is 5.75 Å². The lowest BCUT2D eigenvalue weighted by Crippen LogP contribution is -2.42. The number of ether oxygens (including phenoxy) is 3. The van der Waals surface area contributed by atoms with Gasteiger partial charge in [-0.3, -0.25) is 20.4 Å². The second-order valence-corrected chi connectivity index (χ2v) is 5.28. The Bertz CT molecular complexity index is 581. The van der Waals surface area contributed by atoms with Crippen molar-refractivity contribution in [1.82, 2.24) is 10.9 Å². The van der Waals surface area contributed by atoms with E-state index in [9.17, 15) is 14.4 Å². The van der Waals surface area contributed by atoms with Gasteiger partial charge in [0, 0.05) is 13.5 Å². The van der Waals surface area contributed by atoms with Crippen LogP contribution in [0.15, 0.2) is 24.3 Å². The van der Waals surface area contributed by atoms with Gasteiger partial charge >= 0.3 is 5.97 Å². The first-order valence-electron chi connectivity index (χ1n) is 7.61. The molecule has 0 aliphatic carbocycles. The number of hydrazine groups is 1. The summed E-state index contributed by atoms with van der Waals surface area (Å²) in [5.41, 5.74) is 4.49. The smallest absolute Gasteiger partial charge is 0.338 e. The fourth-order valence-electron chi connectivity index (χ4n) is 2.06. The summed E-state index contributed by atoms with van der Waals surface area (Å²) in [5.74, 6) is -1.06. The minimum absolute atomic E-state index is 0.122. The number of carbonyl (C=O) groups is 3. The topological polar surface area (TPSA) is 103 Å². The van der Waals surface area contributed by atoms with E-state index < -0.39 is 24.4 Å². The summed E-state index contributed by atoms with van der Waals surface area (Å²) in [6.45, 7) is 2.01. The quantitative estimate of drug-likeness (QED) is 0.581. The molecule has 1 fully saturated rings. The Hall–Kier alpha value is -2.61. The van der Waals surface area contributed by atoms with Gasteiger partial charge in [-0.1, -0.05) is 0 Å². The van der Waals surface area contributed by atoms with Gasteiger partial charge in [0.05, 0.1) is 11.7 Å². The van der Waals surface area contributed by atoms with Gasteiger partial charge in [0.2, 0.25) is 5.91 Å². The second-order valence-electron chi connectivity index (χ2n) is 5.28. The van der Waals surface area contributed by atoms with Crippen molar-refractivity contribution in [3.8, 4) is 5.75 Å². The normalized spacial score (nSPS) is 16.3. The van der Waals surface area contributed by atoms with Crippen LogP contribution >= 0.6 is 0 Å². The van der Waals surface area contributed by atoms with Gasteiger partial charge in [0.1, 0.15) is 12.4 Å². The molecule has 24 heavy (non-hydrogen) atoms. The predicted molar refractivity (Wildman–Crippen MR) is 83.2 cm³/mol. The summed E-state index contributed by atoms with van der Waals surface area (Å²) in [6, 6.07) is 6.42. The van der Waals surface area contributed by atoms with E-state index in [1.807, 2.05) is 0 Å². The van der Waals surface area contributed by atoms with Crippen LogP contribution in [-0.2, 0) is 19.1 Å². The third kappa shape index (κ3) is 5.88. The highest BCUT2D eigenvalue weighted by molar-refractivity contribution is 5.91. The summed E-state index contributed by atoms with van der Waals surface area (Å²) in [6.07, 6.45) is 2.16. The fraction of sp³-hybridized carbons (Fsp3) is 0.438. The predicted octanol–water partition coefficient (Wildman–Crippen LogP) is 0.569. The molecule has 0 bridgehead atoms. The third-order valence-corrected chi connectivity index (χ3v) is 3.26. The molecule has 2 rings (SSSR count). The van der Waals surface area contributed by atoms with Gasteiger partial charge in [0.25, 0.3) is 5.91 Å². The molecule has 130 valence electrons. The maximum atomic E-state index is 11.8. The lowest BCUT2D eigenvalue weighted by atomic mass is 10.2. The number of hydrogen-bond acceptors (Lipinski definition) is 6. The Kier molecular flexibility index (Phi) is 6.56. The average Bonchev–Trinajstić information content (AvgIpc) is 3.10. The number of amides is 2. The van der Waals surface area contributed by atoms with Crippen molar-refractivity contribution < 1.29 is 28.6 Å². The number of rotatable bonds is 6. The molecule has 8 nitrogen and oxygen atoms in total. The standard InChI is InChI=1S/C16H20N2O6/c1-11(19)17-18-15(20)10-24-16(21)12-4-6-13(7-5-12)23-9-14-3-2-8-22-14/h4-7,14H,2-3,8-10H2,1H3,(H,17,19)(H,18,20)/t14-/m0/s1. The highest BCUT2D eigenvalue weighted by Crippen LogP contribution is 2.16. The first-order chi connectivity index (χ1) is 11.5.